The number of rotatable bonds is 5. The van der Waals surface area contributed by atoms with E-state index >= 15 is 0 Å². The Morgan fingerprint density at radius 1 is 1.03 bits per heavy atom. The van der Waals surface area contributed by atoms with Crippen LogP contribution in [0.3, 0.4) is 0 Å². The normalized spacial score (nSPS) is 15.9. The second-order valence-corrected chi connectivity index (χ2v) is 10.3. The first-order chi connectivity index (χ1) is 17.8. The van der Waals surface area contributed by atoms with Gasteiger partial charge in [0.25, 0.3) is 5.91 Å². The van der Waals surface area contributed by atoms with Gasteiger partial charge >= 0.3 is 0 Å². The predicted octanol–water partition coefficient (Wildman–Crippen LogP) is 5.00. The van der Waals surface area contributed by atoms with E-state index in [1.54, 1.807) is 17.9 Å². The summed E-state index contributed by atoms with van der Waals surface area (Å²) in [6.45, 7) is 6.58. The number of aromatic nitrogens is 3. The van der Waals surface area contributed by atoms with Gasteiger partial charge in [-0.15, -0.1) is 0 Å². The molecule has 1 saturated carbocycles. The number of carbonyl (C=O) groups is 1. The van der Waals surface area contributed by atoms with Crippen molar-refractivity contribution in [3.63, 3.8) is 0 Å². The molecule has 0 atom stereocenters. The quantitative estimate of drug-likeness (QED) is 0.420. The summed E-state index contributed by atoms with van der Waals surface area (Å²) in [5.41, 5.74) is 6.24. The standard InChI is InChI=1S/C26H26N4O2.C4H9N/c1-16-5-7-20(32-4)13-22(16)25(31)29-26(9-10-26)23-11-18(19-14-27-30(3)15-19)12-24-21(23)8-6-17(2)28-24;1-5-3-2-4-5/h5-8,11-15H,9-10H2,1-4H3,(H,29,31);2-4H2,1H3. The van der Waals surface area contributed by atoms with Crippen molar-refractivity contribution in [2.45, 2.75) is 38.6 Å². The molecule has 2 aromatic carbocycles. The van der Waals surface area contributed by atoms with Crippen LogP contribution in [0.25, 0.3) is 22.0 Å². The fraction of sp³-hybridized carbons (Fsp3) is 0.367. The lowest BCUT2D eigenvalue weighted by Crippen LogP contribution is -2.35. The summed E-state index contributed by atoms with van der Waals surface area (Å²) in [5.74, 6) is 0.591. The van der Waals surface area contributed by atoms with E-state index in [9.17, 15) is 4.79 Å². The van der Waals surface area contributed by atoms with Crippen LogP contribution in [-0.4, -0.2) is 52.8 Å². The molecule has 1 aliphatic carbocycles. The molecule has 1 aliphatic heterocycles. The first-order valence-corrected chi connectivity index (χ1v) is 12.8. The molecule has 0 bridgehead atoms. The number of methoxy groups -OCH3 is 1. The van der Waals surface area contributed by atoms with Crippen molar-refractivity contribution >= 4 is 16.8 Å². The minimum Gasteiger partial charge on any atom is -0.497 e. The van der Waals surface area contributed by atoms with Gasteiger partial charge in [-0.05, 0) is 100 Å². The van der Waals surface area contributed by atoms with Crippen molar-refractivity contribution < 1.29 is 9.53 Å². The number of hydrogen-bond acceptors (Lipinski definition) is 5. The summed E-state index contributed by atoms with van der Waals surface area (Å²) < 4.78 is 7.12. The number of benzene rings is 2. The number of carbonyl (C=O) groups excluding carboxylic acids is 1. The summed E-state index contributed by atoms with van der Waals surface area (Å²) in [7, 11) is 5.66. The molecule has 0 spiro atoms. The Kier molecular flexibility index (Phi) is 6.73. The van der Waals surface area contributed by atoms with Gasteiger partial charge < -0.3 is 15.0 Å². The maximum absolute atomic E-state index is 13.3. The van der Waals surface area contributed by atoms with Crippen LogP contribution in [0.1, 0.15) is 46.4 Å². The van der Waals surface area contributed by atoms with E-state index in [2.05, 4.69) is 40.6 Å². The summed E-state index contributed by atoms with van der Waals surface area (Å²) in [4.78, 5) is 20.4. The number of aryl methyl sites for hydroxylation is 3. The molecule has 0 unspecified atom stereocenters. The van der Waals surface area contributed by atoms with Crippen LogP contribution in [0.15, 0.2) is 54.9 Å². The van der Waals surface area contributed by atoms with Crippen LogP contribution >= 0.6 is 0 Å². The van der Waals surface area contributed by atoms with Crippen molar-refractivity contribution in [3.8, 4) is 16.9 Å². The number of nitrogens with one attached hydrogen (secondary N) is 1. The highest BCUT2D eigenvalue weighted by Crippen LogP contribution is 2.49. The second-order valence-electron chi connectivity index (χ2n) is 10.3. The van der Waals surface area contributed by atoms with E-state index in [4.69, 9.17) is 9.72 Å². The lowest BCUT2D eigenvalue weighted by molar-refractivity contribution is 0.0930. The van der Waals surface area contributed by atoms with Crippen LogP contribution in [0.5, 0.6) is 5.75 Å². The number of amides is 1. The lowest BCUT2D eigenvalue weighted by Gasteiger charge is -2.24. The van der Waals surface area contributed by atoms with Crippen LogP contribution in [0.4, 0.5) is 0 Å². The molecule has 4 aromatic rings. The molecule has 2 aromatic heterocycles. The largest absolute Gasteiger partial charge is 0.497 e. The zero-order valence-electron chi connectivity index (χ0n) is 22.3. The molecule has 192 valence electrons. The molecular formula is C30H35N5O2. The maximum atomic E-state index is 13.3. The van der Waals surface area contributed by atoms with Crippen LogP contribution in [0.2, 0.25) is 0 Å². The molecule has 7 heteroatoms. The van der Waals surface area contributed by atoms with Crippen LogP contribution in [-0.2, 0) is 12.6 Å². The van der Waals surface area contributed by atoms with Gasteiger partial charge in [-0.25, -0.2) is 0 Å². The highest BCUT2D eigenvalue weighted by molar-refractivity contribution is 5.98. The zero-order valence-corrected chi connectivity index (χ0v) is 22.3. The average Bonchev–Trinajstić information content (AvgIpc) is 3.52. The Morgan fingerprint density at radius 2 is 1.78 bits per heavy atom. The van der Waals surface area contributed by atoms with Crippen molar-refractivity contribution in [1.29, 1.82) is 0 Å². The first-order valence-electron chi connectivity index (χ1n) is 12.8. The smallest absolute Gasteiger partial charge is 0.252 e. The number of nitrogens with zero attached hydrogens (tertiary/aromatic N) is 4. The molecular weight excluding hydrogens is 462 g/mol. The summed E-state index contributed by atoms with van der Waals surface area (Å²) in [6.07, 6.45) is 7.05. The van der Waals surface area contributed by atoms with Crippen molar-refractivity contribution in [1.82, 2.24) is 25.0 Å². The molecule has 37 heavy (non-hydrogen) atoms. The molecule has 2 aliphatic rings. The molecule has 1 N–H and O–H groups in total. The second kappa shape index (κ2) is 9.98. The Balaban J connectivity index is 0.000000503. The summed E-state index contributed by atoms with van der Waals surface area (Å²) >= 11 is 0. The monoisotopic (exact) mass is 497 g/mol. The summed E-state index contributed by atoms with van der Waals surface area (Å²) in [6, 6.07) is 14.0. The predicted molar refractivity (Wildman–Crippen MR) is 147 cm³/mol. The van der Waals surface area contributed by atoms with E-state index < -0.39 is 5.54 Å². The molecule has 3 heterocycles. The van der Waals surface area contributed by atoms with Crippen molar-refractivity contribution in [3.05, 3.63) is 77.2 Å². The zero-order chi connectivity index (χ0) is 26.2. The van der Waals surface area contributed by atoms with Gasteiger partial charge in [0.15, 0.2) is 0 Å². The molecule has 1 amide bonds. The number of fused-ring (bicyclic) bond motifs is 1. The van der Waals surface area contributed by atoms with E-state index in [0.717, 1.165) is 51.7 Å². The van der Waals surface area contributed by atoms with E-state index in [1.165, 1.54) is 19.5 Å². The Labute approximate surface area is 218 Å². The molecule has 1 saturated heterocycles. The van der Waals surface area contributed by atoms with Crippen molar-refractivity contribution in [2.75, 3.05) is 27.2 Å². The SMILES string of the molecule is CN1CCC1.COc1ccc(C)c(C(=O)NC2(c3cc(-c4cnn(C)c4)cc4nc(C)ccc34)CC2)c1. The fourth-order valence-electron chi connectivity index (χ4n) is 4.79. The number of pyridine rings is 1. The highest BCUT2D eigenvalue weighted by atomic mass is 16.5. The average molecular weight is 498 g/mol. The van der Waals surface area contributed by atoms with E-state index in [-0.39, 0.29) is 5.91 Å². The Morgan fingerprint density at radius 3 is 2.38 bits per heavy atom. The Hall–Kier alpha value is -3.71. The van der Waals surface area contributed by atoms with E-state index in [1.807, 2.05) is 51.5 Å². The Bertz CT molecular complexity index is 1450. The molecule has 7 nitrogen and oxygen atoms in total. The van der Waals surface area contributed by atoms with Gasteiger partial charge in [-0.2, -0.15) is 5.10 Å². The van der Waals surface area contributed by atoms with Gasteiger partial charge in [0.05, 0.1) is 24.4 Å². The fourth-order valence-corrected chi connectivity index (χ4v) is 4.79. The number of ether oxygens (including phenoxy) is 1. The van der Waals surface area contributed by atoms with E-state index in [0.29, 0.717) is 11.3 Å². The number of likely N-dealkylation sites (tertiary alicyclic amines) is 1. The lowest BCUT2D eigenvalue weighted by atomic mass is 9.94. The first kappa shape index (κ1) is 25.0. The number of hydrogen-bond donors (Lipinski definition) is 1. The molecule has 0 radical (unpaired) electrons. The van der Waals surface area contributed by atoms with Crippen LogP contribution in [0, 0.1) is 13.8 Å². The highest BCUT2D eigenvalue weighted by Gasteiger charge is 2.47. The molecule has 2 fully saturated rings. The third-order valence-electron chi connectivity index (χ3n) is 7.37. The topological polar surface area (TPSA) is 72.3 Å². The maximum Gasteiger partial charge on any atom is 0.252 e. The third-order valence-corrected chi connectivity index (χ3v) is 7.37. The van der Waals surface area contributed by atoms with Gasteiger partial charge in [0.1, 0.15) is 5.75 Å². The van der Waals surface area contributed by atoms with Gasteiger partial charge in [0.2, 0.25) is 0 Å². The third kappa shape index (κ3) is 5.23. The van der Waals surface area contributed by atoms with Gasteiger partial charge in [-0.1, -0.05) is 12.1 Å². The van der Waals surface area contributed by atoms with Gasteiger partial charge in [-0.3, -0.25) is 14.5 Å². The summed E-state index contributed by atoms with van der Waals surface area (Å²) in [5, 5.41) is 8.74. The van der Waals surface area contributed by atoms with Gasteiger partial charge in [0, 0.05) is 35.5 Å². The van der Waals surface area contributed by atoms with Crippen LogP contribution < -0.4 is 10.1 Å². The van der Waals surface area contributed by atoms with Crippen molar-refractivity contribution in [2.24, 2.45) is 7.05 Å². The minimum atomic E-state index is -0.403. The minimum absolute atomic E-state index is 0.0844. The molecule has 6 rings (SSSR count).